The van der Waals surface area contributed by atoms with Gasteiger partial charge in [0.15, 0.2) is 0 Å². The number of rotatable bonds is 7. The number of methoxy groups -OCH3 is 1. The van der Waals surface area contributed by atoms with E-state index < -0.39 is 0 Å². The zero-order valence-electron chi connectivity index (χ0n) is 10.5. The molecule has 0 aliphatic heterocycles. The van der Waals surface area contributed by atoms with Gasteiger partial charge in [-0.3, -0.25) is 0 Å². The standard InChI is InChI=1S/C14H20FNO/c1-4-6-9-12(16-5-2)14-11(15)8-7-10-13(14)17-3/h4,7-8,10,12,16H,1,5-6,9H2,2-3H3. The van der Waals surface area contributed by atoms with Gasteiger partial charge in [-0.2, -0.15) is 0 Å². The van der Waals surface area contributed by atoms with E-state index in [0.29, 0.717) is 11.3 Å². The fourth-order valence-corrected chi connectivity index (χ4v) is 1.91. The van der Waals surface area contributed by atoms with Gasteiger partial charge < -0.3 is 10.1 Å². The van der Waals surface area contributed by atoms with Crippen molar-refractivity contribution in [2.75, 3.05) is 13.7 Å². The Balaban J connectivity index is 3.02. The molecule has 0 aliphatic rings. The summed E-state index contributed by atoms with van der Waals surface area (Å²) in [5.41, 5.74) is 0.610. The summed E-state index contributed by atoms with van der Waals surface area (Å²) >= 11 is 0. The van der Waals surface area contributed by atoms with Crippen LogP contribution in [0.5, 0.6) is 5.75 Å². The molecule has 0 aliphatic carbocycles. The minimum atomic E-state index is -0.223. The van der Waals surface area contributed by atoms with E-state index >= 15 is 0 Å². The first kappa shape index (κ1) is 13.7. The van der Waals surface area contributed by atoms with Gasteiger partial charge in [-0.15, -0.1) is 6.58 Å². The molecule has 1 aromatic rings. The van der Waals surface area contributed by atoms with E-state index in [2.05, 4.69) is 11.9 Å². The maximum Gasteiger partial charge on any atom is 0.131 e. The maximum absolute atomic E-state index is 13.9. The Bertz CT molecular complexity index is 365. The molecule has 0 spiro atoms. The molecule has 0 saturated carbocycles. The molecule has 0 saturated heterocycles. The number of hydrogen-bond acceptors (Lipinski definition) is 2. The van der Waals surface area contributed by atoms with E-state index in [1.807, 2.05) is 13.0 Å². The van der Waals surface area contributed by atoms with Crippen molar-refractivity contribution in [3.8, 4) is 5.75 Å². The van der Waals surface area contributed by atoms with E-state index in [-0.39, 0.29) is 11.9 Å². The highest BCUT2D eigenvalue weighted by Crippen LogP contribution is 2.30. The monoisotopic (exact) mass is 237 g/mol. The predicted molar refractivity (Wildman–Crippen MR) is 68.8 cm³/mol. The lowest BCUT2D eigenvalue weighted by molar-refractivity contribution is 0.387. The minimum Gasteiger partial charge on any atom is -0.496 e. The summed E-state index contributed by atoms with van der Waals surface area (Å²) in [6.45, 7) is 6.50. The summed E-state index contributed by atoms with van der Waals surface area (Å²) in [6, 6.07) is 4.88. The van der Waals surface area contributed by atoms with E-state index in [0.717, 1.165) is 19.4 Å². The van der Waals surface area contributed by atoms with Crippen LogP contribution in [0.2, 0.25) is 0 Å². The van der Waals surface area contributed by atoms with E-state index in [4.69, 9.17) is 4.74 Å². The smallest absolute Gasteiger partial charge is 0.131 e. The summed E-state index contributed by atoms with van der Waals surface area (Å²) in [4.78, 5) is 0. The quantitative estimate of drug-likeness (QED) is 0.733. The van der Waals surface area contributed by atoms with Crippen LogP contribution in [0, 0.1) is 5.82 Å². The first-order valence-corrected chi connectivity index (χ1v) is 5.91. The van der Waals surface area contributed by atoms with Crippen molar-refractivity contribution < 1.29 is 9.13 Å². The Kier molecular flexibility index (Phi) is 5.70. The van der Waals surface area contributed by atoms with Crippen LogP contribution in [0.25, 0.3) is 0 Å². The molecule has 1 aromatic carbocycles. The first-order chi connectivity index (χ1) is 8.24. The highest BCUT2D eigenvalue weighted by atomic mass is 19.1. The zero-order chi connectivity index (χ0) is 12.7. The highest BCUT2D eigenvalue weighted by molar-refractivity contribution is 5.37. The third-order valence-corrected chi connectivity index (χ3v) is 2.69. The summed E-state index contributed by atoms with van der Waals surface area (Å²) < 4.78 is 19.1. The first-order valence-electron chi connectivity index (χ1n) is 5.91. The van der Waals surface area contributed by atoms with Crippen LogP contribution in [0.3, 0.4) is 0 Å². The van der Waals surface area contributed by atoms with Gasteiger partial charge in [0.1, 0.15) is 11.6 Å². The molecule has 0 fully saturated rings. The molecule has 17 heavy (non-hydrogen) atoms. The molecular weight excluding hydrogens is 217 g/mol. The number of allylic oxidation sites excluding steroid dienone is 1. The average molecular weight is 237 g/mol. The Morgan fingerprint density at radius 3 is 2.88 bits per heavy atom. The number of halogens is 1. The number of ether oxygens (including phenoxy) is 1. The van der Waals surface area contributed by atoms with Crippen molar-refractivity contribution in [1.82, 2.24) is 5.32 Å². The molecule has 0 heterocycles. The summed E-state index contributed by atoms with van der Waals surface area (Å²) in [7, 11) is 1.56. The van der Waals surface area contributed by atoms with Crippen LogP contribution in [-0.4, -0.2) is 13.7 Å². The van der Waals surface area contributed by atoms with Crippen LogP contribution in [0.4, 0.5) is 4.39 Å². The molecule has 3 heteroatoms. The van der Waals surface area contributed by atoms with Crippen molar-refractivity contribution in [3.63, 3.8) is 0 Å². The van der Waals surface area contributed by atoms with Crippen molar-refractivity contribution in [2.24, 2.45) is 0 Å². The van der Waals surface area contributed by atoms with Gasteiger partial charge in [0, 0.05) is 11.6 Å². The predicted octanol–water partition coefficient (Wildman–Crippen LogP) is 3.45. The summed E-state index contributed by atoms with van der Waals surface area (Å²) in [5.74, 6) is 0.374. The van der Waals surface area contributed by atoms with Gasteiger partial charge in [0.25, 0.3) is 0 Å². The molecule has 0 aromatic heterocycles. The molecule has 0 bridgehead atoms. The Morgan fingerprint density at radius 2 is 2.29 bits per heavy atom. The molecule has 0 radical (unpaired) electrons. The molecule has 2 nitrogen and oxygen atoms in total. The van der Waals surface area contributed by atoms with Gasteiger partial charge in [-0.05, 0) is 31.5 Å². The zero-order valence-corrected chi connectivity index (χ0v) is 10.5. The Labute approximate surface area is 102 Å². The van der Waals surface area contributed by atoms with Crippen LogP contribution < -0.4 is 10.1 Å². The van der Waals surface area contributed by atoms with Crippen LogP contribution in [0.15, 0.2) is 30.9 Å². The molecule has 1 N–H and O–H groups in total. The molecule has 1 unspecified atom stereocenters. The number of hydrogen-bond donors (Lipinski definition) is 1. The molecule has 1 atom stereocenters. The number of nitrogens with one attached hydrogen (secondary N) is 1. The normalized spacial score (nSPS) is 12.2. The number of benzene rings is 1. The third kappa shape index (κ3) is 3.56. The SMILES string of the molecule is C=CCCC(NCC)c1c(F)cccc1OC. The molecule has 1 rings (SSSR count). The molecular formula is C14H20FNO. The van der Waals surface area contributed by atoms with Crippen molar-refractivity contribution in [2.45, 2.75) is 25.8 Å². The van der Waals surface area contributed by atoms with Crippen LogP contribution in [-0.2, 0) is 0 Å². The van der Waals surface area contributed by atoms with Gasteiger partial charge in [0.2, 0.25) is 0 Å². The second-order valence-corrected chi connectivity index (χ2v) is 3.83. The van der Waals surface area contributed by atoms with E-state index in [1.54, 1.807) is 19.2 Å². The fraction of sp³-hybridized carbons (Fsp3) is 0.429. The topological polar surface area (TPSA) is 21.3 Å². The van der Waals surface area contributed by atoms with E-state index in [1.165, 1.54) is 6.07 Å². The maximum atomic E-state index is 13.9. The van der Waals surface area contributed by atoms with Gasteiger partial charge in [-0.25, -0.2) is 4.39 Å². The van der Waals surface area contributed by atoms with E-state index in [9.17, 15) is 4.39 Å². The van der Waals surface area contributed by atoms with Crippen LogP contribution >= 0.6 is 0 Å². The van der Waals surface area contributed by atoms with Gasteiger partial charge in [0.05, 0.1) is 7.11 Å². The van der Waals surface area contributed by atoms with Crippen molar-refractivity contribution >= 4 is 0 Å². The minimum absolute atomic E-state index is 0.0332. The lowest BCUT2D eigenvalue weighted by Gasteiger charge is -2.20. The lowest BCUT2D eigenvalue weighted by Crippen LogP contribution is -2.22. The highest BCUT2D eigenvalue weighted by Gasteiger charge is 2.18. The third-order valence-electron chi connectivity index (χ3n) is 2.69. The Hall–Kier alpha value is -1.35. The fourth-order valence-electron chi connectivity index (χ4n) is 1.91. The summed E-state index contributed by atoms with van der Waals surface area (Å²) in [5, 5.41) is 3.28. The molecule has 94 valence electrons. The molecule has 0 amide bonds. The summed E-state index contributed by atoms with van der Waals surface area (Å²) in [6.07, 6.45) is 3.50. The largest absolute Gasteiger partial charge is 0.496 e. The Morgan fingerprint density at radius 1 is 1.53 bits per heavy atom. The second-order valence-electron chi connectivity index (χ2n) is 3.83. The van der Waals surface area contributed by atoms with Crippen LogP contribution in [0.1, 0.15) is 31.4 Å². The second kappa shape index (κ2) is 7.07. The van der Waals surface area contributed by atoms with Crippen molar-refractivity contribution in [3.05, 3.63) is 42.2 Å². The van der Waals surface area contributed by atoms with Gasteiger partial charge in [-0.1, -0.05) is 19.1 Å². The van der Waals surface area contributed by atoms with Crippen molar-refractivity contribution in [1.29, 1.82) is 0 Å². The lowest BCUT2D eigenvalue weighted by atomic mass is 10.00. The van der Waals surface area contributed by atoms with Gasteiger partial charge >= 0.3 is 0 Å². The average Bonchev–Trinajstić information content (AvgIpc) is 2.34.